The van der Waals surface area contributed by atoms with Crippen molar-refractivity contribution in [2.45, 2.75) is 40.5 Å². The van der Waals surface area contributed by atoms with Crippen molar-refractivity contribution < 1.29 is 0 Å². The van der Waals surface area contributed by atoms with Crippen molar-refractivity contribution in [1.82, 2.24) is 0 Å². The Morgan fingerprint density at radius 2 is 1.47 bits per heavy atom. The Labute approximate surface area is 126 Å². The van der Waals surface area contributed by atoms with Crippen molar-refractivity contribution in [2.24, 2.45) is 0 Å². The molecular weight excluding hydrogens is 296 g/mol. The smallest absolute Gasteiger partial charge is 0.0210 e. The lowest BCUT2D eigenvalue weighted by molar-refractivity contribution is 1.11. The topological polar surface area (TPSA) is 0 Å². The minimum absolute atomic E-state index is 0.992. The summed E-state index contributed by atoms with van der Waals surface area (Å²) in [7, 11) is 0. The Kier molecular flexibility index (Phi) is 6.86. The lowest BCUT2D eigenvalue weighted by Gasteiger charge is -2.07. The molecule has 0 aliphatic heterocycles. The molecule has 0 spiro atoms. The molecule has 0 aliphatic rings. The highest BCUT2D eigenvalue weighted by atomic mass is 79.9. The minimum atomic E-state index is 0.992. The Morgan fingerprint density at radius 3 is 2.05 bits per heavy atom. The first-order valence-corrected chi connectivity index (χ1v) is 7.81. The van der Waals surface area contributed by atoms with Gasteiger partial charge in [-0.2, -0.15) is 0 Å². The van der Waals surface area contributed by atoms with E-state index in [1.807, 2.05) is 13.8 Å². The van der Waals surface area contributed by atoms with Gasteiger partial charge >= 0.3 is 0 Å². The molecule has 0 atom stereocenters. The quantitative estimate of drug-likeness (QED) is 0.657. The molecule has 0 bridgehead atoms. The largest absolute Gasteiger partial charge is 0.0683 e. The summed E-state index contributed by atoms with van der Waals surface area (Å²) in [5, 5.41) is 0. The Balaban J connectivity index is 0.000000861. The Morgan fingerprint density at radius 1 is 0.895 bits per heavy atom. The maximum Gasteiger partial charge on any atom is 0.0210 e. The molecule has 102 valence electrons. The first kappa shape index (κ1) is 16.0. The van der Waals surface area contributed by atoms with Crippen LogP contribution in [0.4, 0.5) is 0 Å². The van der Waals surface area contributed by atoms with Crippen LogP contribution in [-0.2, 0) is 12.8 Å². The molecule has 0 nitrogen and oxygen atoms in total. The van der Waals surface area contributed by atoms with E-state index in [-0.39, 0.29) is 0 Å². The van der Waals surface area contributed by atoms with E-state index < -0.39 is 0 Å². The van der Waals surface area contributed by atoms with Gasteiger partial charge in [0.05, 0.1) is 0 Å². The third-order valence-electron chi connectivity index (χ3n) is 3.03. The first-order chi connectivity index (χ1) is 9.19. The van der Waals surface area contributed by atoms with Gasteiger partial charge in [-0.05, 0) is 42.5 Å². The van der Waals surface area contributed by atoms with Crippen molar-refractivity contribution in [3.63, 3.8) is 0 Å². The summed E-state index contributed by atoms with van der Waals surface area (Å²) in [4.78, 5) is 0. The van der Waals surface area contributed by atoms with Gasteiger partial charge in [-0.1, -0.05) is 78.7 Å². The molecule has 2 aromatic rings. The molecule has 2 rings (SSSR count). The molecule has 0 aliphatic carbocycles. The third kappa shape index (κ3) is 4.83. The van der Waals surface area contributed by atoms with Crippen molar-refractivity contribution in [1.29, 1.82) is 0 Å². The fourth-order valence-corrected chi connectivity index (χ4v) is 2.34. The average molecular weight is 319 g/mol. The second kappa shape index (κ2) is 8.16. The molecule has 0 heterocycles. The Bertz CT molecular complexity index is 498. The van der Waals surface area contributed by atoms with Gasteiger partial charge in [0.25, 0.3) is 0 Å². The summed E-state index contributed by atoms with van der Waals surface area (Å²) >= 11 is 3.62. The molecule has 19 heavy (non-hydrogen) atoms. The normalized spacial score (nSPS) is 9.74. The van der Waals surface area contributed by atoms with Crippen LogP contribution in [0.3, 0.4) is 0 Å². The van der Waals surface area contributed by atoms with E-state index in [2.05, 4.69) is 72.2 Å². The molecule has 0 amide bonds. The summed E-state index contributed by atoms with van der Waals surface area (Å²) in [6, 6.07) is 15.4. The van der Waals surface area contributed by atoms with E-state index in [4.69, 9.17) is 0 Å². The lowest BCUT2D eigenvalue weighted by Crippen LogP contribution is -1.91. The average Bonchev–Trinajstić information content (AvgIpc) is 2.46. The molecule has 0 N–H and O–H groups in total. The predicted molar refractivity (Wildman–Crippen MR) is 88.9 cm³/mol. The second-order valence-corrected chi connectivity index (χ2v) is 5.30. The highest BCUT2D eigenvalue weighted by Crippen LogP contribution is 2.21. The van der Waals surface area contributed by atoms with Crippen LogP contribution in [-0.4, -0.2) is 0 Å². The summed E-state index contributed by atoms with van der Waals surface area (Å²) in [6.45, 7) is 8.32. The molecule has 0 fully saturated rings. The zero-order valence-electron chi connectivity index (χ0n) is 12.3. The summed E-state index contributed by atoms with van der Waals surface area (Å²) in [5.41, 5.74) is 5.44. The van der Waals surface area contributed by atoms with Crippen LogP contribution in [0.1, 0.15) is 43.0 Å². The number of halogens is 1. The van der Waals surface area contributed by atoms with E-state index in [1.54, 1.807) is 0 Å². The highest BCUT2D eigenvalue weighted by molar-refractivity contribution is 9.10. The maximum atomic E-state index is 3.62. The minimum Gasteiger partial charge on any atom is -0.0683 e. The molecule has 0 aromatic heterocycles. The standard InChI is InChI=1S/C16H17Br.C2H6/c1-3-13-5-7-14(8-6-13)11-15-10-12(2)4-9-16(15)17;1-2/h4-10H,3,11H2,1-2H3;1-2H3. The van der Waals surface area contributed by atoms with Gasteiger partial charge in [0, 0.05) is 4.47 Å². The van der Waals surface area contributed by atoms with Gasteiger partial charge in [0.15, 0.2) is 0 Å². The maximum absolute atomic E-state index is 3.62. The number of aryl methyl sites for hydroxylation is 2. The van der Waals surface area contributed by atoms with Crippen molar-refractivity contribution in [3.05, 3.63) is 69.2 Å². The number of rotatable bonds is 3. The SMILES string of the molecule is CC.CCc1ccc(Cc2cc(C)ccc2Br)cc1. The van der Waals surface area contributed by atoms with Gasteiger partial charge < -0.3 is 0 Å². The number of hydrogen-bond donors (Lipinski definition) is 0. The summed E-state index contributed by atoms with van der Waals surface area (Å²) in [5.74, 6) is 0. The van der Waals surface area contributed by atoms with Crippen LogP contribution in [0.2, 0.25) is 0 Å². The molecule has 0 unspecified atom stereocenters. The monoisotopic (exact) mass is 318 g/mol. The van der Waals surface area contributed by atoms with E-state index in [0.29, 0.717) is 0 Å². The zero-order chi connectivity index (χ0) is 14.3. The lowest BCUT2D eigenvalue weighted by atomic mass is 10.0. The third-order valence-corrected chi connectivity index (χ3v) is 3.80. The molecule has 1 heteroatoms. The summed E-state index contributed by atoms with van der Waals surface area (Å²) < 4.78 is 1.20. The fourth-order valence-electron chi connectivity index (χ4n) is 1.95. The van der Waals surface area contributed by atoms with E-state index in [0.717, 1.165) is 12.8 Å². The summed E-state index contributed by atoms with van der Waals surface area (Å²) in [6.07, 6.45) is 2.10. The zero-order valence-corrected chi connectivity index (χ0v) is 13.9. The molecule has 0 radical (unpaired) electrons. The van der Waals surface area contributed by atoms with Crippen LogP contribution >= 0.6 is 15.9 Å². The number of benzene rings is 2. The van der Waals surface area contributed by atoms with Gasteiger partial charge in [-0.25, -0.2) is 0 Å². The Hall–Kier alpha value is -1.08. The van der Waals surface area contributed by atoms with Crippen molar-refractivity contribution in [3.8, 4) is 0 Å². The molecule has 2 aromatic carbocycles. The van der Waals surface area contributed by atoms with Crippen molar-refractivity contribution in [2.75, 3.05) is 0 Å². The van der Waals surface area contributed by atoms with E-state index in [1.165, 1.54) is 26.7 Å². The van der Waals surface area contributed by atoms with E-state index in [9.17, 15) is 0 Å². The highest BCUT2D eigenvalue weighted by Gasteiger charge is 2.02. The molecule has 0 saturated carbocycles. The number of hydrogen-bond acceptors (Lipinski definition) is 0. The predicted octanol–water partition coefficient (Wildman–Crippen LogP) is 5.94. The van der Waals surface area contributed by atoms with Crippen LogP contribution in [0.25, 0.3) is 0 Å². The van der Waals surface area contributed by atoms with Crippen LogP contribution in [0, 0.1) is 6.92 Å². The molecule has 0 saturated heterocycles. The van der Waals surface area contributed by atoms with Gasteiger partial charge in [-0.3, -0.25) is 0 Å². The first-order valence-electron chi connectivity index (χ1n) is 7.02. The van der Waals surface area contributed by atoms with Crippen LogP contribution < -0.4 is 0 Å². The van der Waals surface area contributed by atoms with Gasteiger partial charge in [-0.15, -0.1) is 0 Å². The van der Waals surface area contributed by atoms with E-state index >= 15 is 0 Å². The molecular formula is C18H23Br. The fraction of sp³-hybridized carbons (Fsp3) is 0.333. The van der Waals surface area contributed by atoms with Gasteiger partial charge in [0.1, 0.15) is 0 Å². The van der Waals surface area contributed by atoms with Crippen LogP contribution in [0.15, 0.2) is 46.9 Å². The van der Waals surface area contributed by atoms with Crippen LogP contribution in [0.5, 0.6) is 0 Å². The van der Waals surface area contributed by atoms with Crippen molar-refractivity contribution >= 4 is 15.9 Å². The van der Waals surface area contributed by atoms with Gasteiger partial charge in [0.2, 0.25) is 0 Å². The second-order valence-electron chi connectivity index (χ2n) is 4.44.